The lowest BCUT2D eigenvalue weighted by molar-refractivity contribution is -0.123. The van der Waals surface area contributed by atoms with Crippen molar-refractivity contribution in [3.63, 3.8) is 0 Å². The molecule has 0 bridgehead atoms. The monoisotopic (exact) mass is 482 g/mol. The number of rotatable bonds is 7. The molecule has 0 aliphatic carbocycles. The van der Waals surface area contributed by atoms with Gasteiger partial charge in [0.15, 0.2) is 0 Å². The first-order chi connectivity index (χ1) is 15.9. The van der Waals surface area contributed by atoms with Gasteiger partial charge >= 0.3 is 0 Å². The molecule has 0 atom stereocenters. The lowest BCUT2D eigenvalue weighted by atomic mass is 10.2. The Bertz CT molecular complexity index is 1250. The van der Waals surface area contributed by atoms with Gasteiger partial charge in [0.2, 0.25) is 0 Å². The van der Waals surface area contributed by atoms with E-state index in [1.54, 1.807) is 31.4 Å². The molecule has 0 spiro atoms. The van der Waals surface area contributed by atoms with E-state index >= 15 is 0 Å². The molecule has 33 heavy (non-hydrogen) atoms. The van der Waals surface area contributed by atoms with E-state index in [1.165, 1.54) is 4.90 Å². The summed E-state index contributed by atoms with van der Waals surface area (Å²) in [7, 11) is 1.64. The number of halogens is 1. The number of methoxy groups -OCH3 is 1. The molecule has 170 valence electrons. The lowest BCUT2D eigenvalue weighted by Crippen LogP contribution is -2.32. The van der Waals surface area contributed by atoms with Crippen LogP contribution in [0.5, 0.6) is 11.5 Å². The van der Waals surface area contributed by atoms with E-state index in [2.05, 4.69) is 4.57 Å². The zero-order chi connectivity index (χ0) is 23.5. The van der Waals surface area contributed by atoms with E-state index in [9.17, 15) is 9.59 Å². The Morgan fingerprint density at radius 1 is 1.03 bits per heavy atom. The first-order valence-corrected chi connectivity index (χ1v) is 11.5. The average Bonchev–Trinajstić information content (AvgIpc) is 3.23. The van der Waals surface area contributed by atoms with Gasteiger partial charge in [0.1, 0.15) is 18.1 Å². The molecule has 1 fully saturated rings. The van der Waals surface area contributed by atoms with Crippen LogP contribution in [0, 0.1) is 13.8 Å². The smallest absolute Gasteiger partial charge is 0.293 e. The highest BCUT2D eigenvalue weighted by molar-refractivity contribution is 8.18. The highest BCUT2D eigenvalue weighted by atomic mass is 35.5. The first kappa shape index (κ1) is 23.0. The number of carbonyl (C=O) groups is 2. The minimum atomic E-state index is -0.324. The van der Waals surface area contributed by atoms with Gasteiger partial charge in [-0.05, 0) is 67.6 Å². The van der Waals surface area contributed by atoms with Gasteiger partial charge in [0, 0.05) is 11.4 Å². The topological polar surface area (TPSA) is 60.8 Å². The van der Waals surface area contributed by atoms with Crippen LogP contribution in [0.15, 0.2) is 59.5 Å². The van der Waals surface area contributed by atoms with Crippen molar-refractivity contribution in [2.45, 2.75) is 13.8 Å². The third-order valence-corrected chi connectivity index (χ3v) is 6.59. The number of para-hydroxylation sites is 3. The molecular weight excluding hydrogens is 460 g/mol. The van der Waals surface area contributed by atoms with Crippen molar-refractivity contribution in [2.75, 3.05) is 20.3 Å². The average molecular weight is 483 g/mol. The summed E-state index contributed by atoms with van der Waals surface area (Å²) in [4.78, 5) is 27.0. The molecule has 1 aliphatic heterocycles. The molecule has 8 heteroatoms. The summed E-state index contributed by atoms with van der Waals surface area (Å²) < 4.78 is 13.2. The van der Waals surface area contributed by atoms with Crippen LogP contribution in [0.2, 0.25) is 5.02 Å². The summed E-state index contributed by atoms with van der Waals surface area (Å²) in [5.41, 5.74) is 3.73. The van der Waals surface area contributed by atoms with Crippen LogP contribution in [0.4, 0.5) is 4.79 Å². The van der Waals surface area contributed by atoms with E-state index in [0.29, 0.717) is 15.7 Å². The van der Waals surface area contributed by atoms with Gasteiger partial charge in [-0.3, -0.25) is 14.5 Å². The van der Waals surface area contributed by atoms with Crippen LogP contribution in [0.3, 0.4) is 0 Å². The van der Waals surface area contributed by atoms with Gasteiger partial charge in [-0.2, -0.15) is 0 Å². The van der Waals surface area contributed by atoms with Crippen molar-refractivity contribution in [2.24, 2.45) is 0 Å². The minimum Gasteiger partial charge on any atom is -0.495 e. The lowest BCUT2D eigenvalue weighted by Gasteiger charge is -2.14. The summed E-state index contributed by atoms with van der Waals surface area (Å²) in [6.07, 6.45) is 1.77. The maximum Gasteiger partial charge on any atom is 0.293 e. The van der Waals surface area contributed by atoms with Crippen molar-refractivity contribution in [1.82, 2.24) is 9.47 Å². The molecule has 2 heterocycles. The number of carbonyl (C=O) groups excluding carboxylic acids is 2. The SMILES string of the molecule is COc1ccccc1-n1c(C)cc(/C=C2\SC(=O)N(CCOc3ccccc3Cl)C2=O)c1C. The number of hydrogen-bond donors (Lipinski definition) is 0. The predicted molar refractivity (Wildman–Crippen MR) is 131 cm³/mol. The van der Waals surface area contributed by atoms with Crippen molar-refractivity contribution in [3.05, 3.63) is 81.5 Å². The Hall–Kier alpha value is -3.16. The number of ether oxygens (including phenoxy) is 2. The summed E-state index contributed by atoms with van der Waals surface area (Å²) in [5, 5.41) is 0.171. The van der Waals surface area contributed by atoms with Crippen molar-refractivity contribution < 1.29 is 19.1 Å². The highest BCUT2D eigenvalue weighted by Crippen LogP contribution is 2.35. The molecule has 3 aromatic rings. The molecule has 1 aliphatic rings. The number of benzene rings is 2. The van der Waals surface area contributed by atoms with Crippen LogP contribution >= 0.6 is 23.4 Å². The molecule has 0 saturated carbocycles. The normalized spacial score (nSPS) is 14.9. The van der Waals surface area contributed by atoms with Crippen LogP contribution in [-0.4, -0.2) is 40.9 Å². The quantitative estimate of drug-likeness (QED) is 0.394. The maximum absolute atomic E-state index is 12.9. The van der Waals surface area contributed by atoms with Gasteiger partial charge in [0.25, 0.3) is 11.1 Å². The van der Waals surface area contributed by atoms with E-state index in [4.69, 9.17) is 21.1 Å². The Morgan fingerprint density at radius 3 is 2.45 bits per heavy atom. The van der Waals surface area contributed by atoms with E-state index < -0.39 is 0 Å². The molecular formula is C25H23ClN2O4S. The van der Waals surface area contributed by atoms with Gasteiger partial charge in [-0.25, -0.2) is 0 Å². The fourth-order valence-electron chi connectivity index (χ4n) is 3.76. The summed E-state index contributed by atoms with van der Waals surface area (Å²) in [6.45, 7) is 4.28. The molecule has 1 aromatic heterocycles. The van der Waals surface area contributed by atoms with Crippen molar-refractivity contribution >= 4 is 40.6 Å². The number of thioether (sulfide) groups is 1. The largest absolute Gasteiger partial charge is 0.495 e. The fourth-order valence-corrected chi connectivity index (χ4v) is 4.81. The predicted octanol–water partition coefficient (Wildman–Crippen LogP) is 5.87. The van der Waals surface area contributed by atoms with Crippen molar-refractivity contribution in [1.29, 1.82) is 0 Å². The van der Waals surface area contributed by atoms with E-state index in [0.717, 1.165) is 40.2 Å². The Kier molecular flexibility index (Phi) is 6.81. The van der Waals surface area contributed by atoms with Gasteiger partial charge < -0.3 is 14.0 Å². The zero-order valence-corrected chi connectivity index (χ0v) is 20.1. The molecule has 4 rings (SSSR count). The molecule has 0 unspecified atom stereocenters. The molecule has 0 radical (unpaired) electrons. The van der Waals surface area contributed by atoms with Crippen LogP contribution in [-0.2, 0) is 4.79 Å². The third-order valence-electron chi connectivity index (χ3n) is 5.37. The number of hydrogen-bond acceptors (Lipinski definition) is 5. The Labute approximate surface area is 201 Å². The zero-order valence-electron chi connectivity index (χ0n) is 18.5. The van der Waals surface area contributed by atoms with Crippen LogP contribution in [0.1, 0.15) is 17.0 Å². The molecule has 2 amide bonds. The summed E-state index contributed by atoms with van der Waals surface area (Å²) in [5.74, 6) is 0.949. The van der Waals surface area contributed by atoms with Crippen LogP contribution < -0.4 is 9.47 Å². The number of aryl methyl sites for hydroxylation is 1. The van der Waals surface area contributed by atoms with Crippen LogP contribution in [0.25, 0.3) is 11.8 Å². The molecule has 6 nitrogen and oxygen atoms in total. The number of nitrogens with zero attached hydrogens (tertiary/aromatic N) is 2. The number of aromatic nitrogens is 1. The first-order valence-electron chi connectivity index (χ1n) is 10.4. The Balaban J connectivity index is 1.52. The van der Waals surface area contributed by atoms with Gasteiger partial charge in [-0.1, -0.05) is 35.9 Å². The maximum atomic E-state index is 12.9. The Morgan fingerprint density at radius 2 is 1.73 bits per heavy atom. The second-order valence-corrected chi connectivity index (χ2v) is 8.85. The van der Waals surface area contributed by atoms with E-state index in [-0.39, 0.29) is 24.3 Å². The second kappa shape index (κ2) is 9.77. The molecule has 2 aromatic carbocycles. The standard InChI is InChI=1S/C25H23ClN2O4S/c1-16-14-18(17(2)28(16)20-9-5-7-11-22(20)31-3)15-23-24(29)27(25(30)33-23)12-13-32-21-10-6-4-8-19(21)26/h4-11,14-15H,12-13H2,1-3H3/b23-15-. The third kappa shape index (κ3) is 4.65. The minimum absolute atomic E-state index is 0.146. The molecule has 0 N–H and O–H groups in total. The van der Waals surface area contributed by atoms with Gasteiger partial charge in [0.05, 0.1) is 29.3 Å². The summed E-state index contributed by atoms with van der Waals surface area (Å²) >= 11 is 7.02. The summed E-state index contributed by atoms with van der Waals surface area (Å²) in [6, 6.07) is 16.8. The van der Waals surface area contributed by atoms with Gasteiger partial charge in [-0.15, -0.1) is 0 Å². The fraction of sp³-hybridized carbons (Fsp3) is 0.200. The number of imide groups is 1. The highest BCUT2D eigenvalue weighted by Gasteiger charge is 2.35. The number of amides is 2. The van der Waals surface area contributed by atoms with Crippen molar-refractivity contribution in [3.8, 4) is 17.2 Å². The second-order valence-electron chi connectivity index (χ2n) is 7.45. The molecule has 1 saturated heterocycles. The van der Waals surface area contributed by atoms with E-state index in [1.807, 2.05) is 50.2 Å².